The van der Waals surface area contributed by atoms with Crippen LogP contribution in [0.15, 0.2) is 0 Å². The number of thioether (sulfide) groups is 1. The molecule has 0 amide bonds. The molecule has 2 heteroatoms. The molecule has 0 saturated carbocycles. The van der Waals surface area contributed by atoms with Crippen molar-refractivity contribution in [3.8, 4) is 0 Å². The third kappa shape index (κ3) is 1.39. The van der Waals surface area contributed by atoms with Gasteiger partial charge < -0.3 is 5.32 Å². The van der Waals surface area contributed by atoms with E-state index in [0.29, 0.717) is 0 Å². The lowest BCUT2D eigenvalue weighted by molar-refractivity contribution is 0.545. The van der Waals surface area contributed by atoms with Crippen molar-refractivity contribution >= 4 is 11.8 Å². The Kier molecular flexibility index (Phi) is 2.20. The van der Waals surface area contributed by atoms with Crippen LogP contribution in [0.2, 0.25) is 0 Å². The van der Waals surface area contributed by atoms with E-state index >= 15 is 0 Å². The number of nitrogens with one attached hydrogen (secondary N) is 1. The second-order valence-corrected chi connectivity index (χ2v) is 3.74. The van der Waals surface area contributed by atoms with Gasteiger partial charge >= 0.3 is 0 Å². The molecule has 0 aromatic rings. The van der Waals surface area contributed by atoms with Gasteiger partial charge in [0.05, 0.1) is 5.37 Å². The van der Waals surface area contributed by atoms with E-state index in [0.717, 1.165) is 11.3 Å². The van der Waals surface area contributed by atoms with E-state index in [-0.39, 0.29) is 0 Å². The van der Waals surface area contributed by atoms with E-state index in [4.69, 9.17) is 0 Å². The summed E-state index contributed by atoms with van der Waals surface area (Å²) in [4.78, 5) is 0. The van der Waals surface area contributed by atoms with Gasteiger partial charge in [0.15, 0.2) is 0 Å². The van der Waals surface area contributed by atoms with Gasteiger partial charge in [-0.15, -0.1) is 11.8 Å². The van der Waals surface area contributed by atoms with E-state index in [2.05, 4.69) is 19.2 Å². The first-order chi connectivity index (χ1) is 3.80. The van der Waals surface area contributed by atoms with Gasteiger partial charge in [0, 0.05) is 12.3 Å². The molecule has 8 heavy (non-hydrogen) atoms. The molecular weight excluding hydrogens is 118 g/mol. The van der Waals surface area contributed by atoms with Gasteiger partial charge in [0.1, 0.15) is 0 Å². The number of hydrogen-bond donors (Lipinski definition) is 1. The summed E-state index contributed by atoms with van der Waals surface area (Å²) in [5, 5.41) is 4.15. The highest BCUT2D eigenvalue weighted by Gasteiger charge is 2.16. The van der Waals surface area contributed by atoms with E-state index < -0.39 is 0 Å². The second kappa shape index (κ2) is 2.74. The molecule has 1 aliphatic heterocycles. The minimum atomic E-state index is 0.731. The van der Waals surface area contributed by atoms with E-state index in [9.17, 15) is 0 Å². The predicted octanol–water partition coefficient (Wildman–Crippen LogP) is 1.30. The molecule has 1 fully saturated rings. The Bertz CT molecular complexity index is 66.9. The number of rotatable bonds is 1. The monoisotopic (exact) mass is 131 g/mol. The number of hydrogen-bond acceptors (Lipinski definition) is 2. The molecule has 1 saturated heterocycles. The first kappa shape index (κ1) is 6.43. The van der Waals surface area contributed by atoms with Gasteiger partial charge in [-0.3, -0.25) is 0 Å². The lowest BCUT2D eigenvalue weighted by atomic mass is 10.2. The van der Waals surface area contributed by atoms with E-state index in [1.54, 1.807) is 0 Å². The zero-order valence-electron chi connectivity index (χ0n) is 5.48. The van der Waals surface area contributed by atoms with Gasteiger partial charge in [-0.1, -0.05) is 13.8 Å². The molecule has 1 rings (SSSR count). The maximum Gasteiger partial charge on any atom is 0.0556 e. The maximum absolute atomic E-state index is 3.42. The van der Waals surface area contributed by atoms with E-state index in [1.165, 1.54) is 12.3 Å². The smallest absolute Gasteiger partial charge is 0.0556 e. The Labute approximate surface area is 55.2 Å². The van der Waals surface area contributed by atoms with Gasteiger partial charge in [-0.25, -0.2) is 0 Å². The van der Waals surface area contributed by atoms with Crippen LogP contribution in [0.1, 0.15) is 13.8 Å². The third-order valence-electron chi connectivity index (χ3n) is 1.35. The largest absolute Gasteiger partial charge is 0.304 e. The van der Waals surface area contributed by atoms with Crippen molar-refractivity contribution in [3.63, 3.8) is 0 Å². The quantitative estimate of drug-likeness (QED) is 0.576. The van der Waals surface area contributed by atoms with Gasteiger partial charge in [0.2, 0.25) is 0 Å². The summed E-state index contributed by atoms with van der Waals surface area (Å²) in [6, 6.07) is 0. The summed E-state index contributed by atoms with van der Waals surface area (Å²) in [6.07, 6.45) is 0. The first-order valence-electron chi connectivity index (χ1n) is 3.15. The van der Waals surface area contributed by atoms with Crippen LogP contribution in [0.4, 0.5) is 0 Å². The molecule has 0 spiro atoms. The topological polar surface area (TPSA) is 12.0 Å². The molecule has 0 radical (unpaired) electrons. The van der Waals surface area contributed by atoms with Crippen molar-refractivity contribution in [2.45, 2.75) is 19.2 Å². The van der Waals surface area contributed by atoms with Crippen LogP contribution >= 0.6 is 11.8 Å². The van der Waals surface area contributed by atoms with Crippen LogP contribution in [-0.2, 0) is 0 Å². The minimum absolute atomic E-state index is 0.731. The molecule has 0 aliphatic carbocycles. The Morgan fingerprint density at radius 1 is 1.62 bits per heavy atom. The summed E-state index contributed by atoms with van der Waals surface area (Å²) < 4.78 is 0. The maximum atomic E-state index is 3.42. The highest BCUT2D eigenvalue weighted by atomic mass is 32.2. The summed E-state index contributed by atoms with van der Waals surface area (Å²) >= 11 is 2.04. The minimum Gasteiger partial charge on any atom is -0.304 e. The fourth-order valence-electron chi connectivity index (χ4n) is 0.874. The molecule has 1 unspecified atom stereocenters. The Morgan fingerprint density at radius 3 is 2.62 bits per heavy atom. The highest BCUT2D eigenvalue weighted by molar-refractivity contribution is 8.00. The van der Waals surface area contributed by atoms with E-state index in [1.807, 2.05) is 11.8 Å². The average Bonchev–Trinajstić information content (AvgIpc) is 2.12. The molecule has 0 aromatic heterocycles. The Morgan fingerprint density at radius 2 is 2.38 bits per heavy atom. The van der Waals surface area contributed by atoms with Crippen molar-refractivity contribution in [1.29, 1.82) is 0 Å². The lowest BCUT2D eigenvalue weighted by Crippen LogP contribution is -2.24. The molecular formula is C6H13NS. The average molecular weight is 131 g/mol. The normalized spacial score (nSPS) is 29.6. The highest BCUT2D eigenvalue weighted by Crippen LogP contribution is 2.20. The zero-order valence-corrected chi connectivity index (χ0v) is 6.29. The molecule has 1 heterocycles. The first-order valence-corrected chi connectivity index (χ1v) is 4.20. The van der Waals surface area contributed by atoms with Gasteiger partial charge in [0.25, 0.3) is 0 Å². The molecule has 48 valence electrons. The van der Waals surface area contributed by atoms with Crippen LogP contribution in [0.3, 0.4) is 0 Å². The molecule has 1 atom stereocenters. The summed E-state index contributed by atoms with van der Waals surface area (Å²) in [5.41, 5.74) is 0. The molecule has 1 N–H and O–H groups in total. The van der Waals surface area contributed by atoms with Gasteiger partial charge in [-0.2, -0.15) is 0 Å². The third-order valence-corrected chi connectivity index (χ3v) is 2.86. The molecule has 0 bridgehead atoms. The zero-order chi connectivity index (χ0) is 5.98. The summed E-state index contributed by atoms with van der Waals surface area (Å²) in [5.74, 6) is 2.09. The van der Waals surface area contributed by atoms with Crippen LogP contribution in [-0.4, -0.2) is 17.7 Å². The fourth-order valence-corrected chi connectivity index (χ4v) is 1.98. The molecule has 1 aliphatic rings. The molecule has 1 nitrogen and oxygen atoms in total. The van der Waals surface area contributed by atoms with Gasteiger partial charge in [-0.05, 0) is 5.92 Å². The van der Waals surface area contributed by atoms with Crippen molar-refractivity contribution in [2.24, 2.45) is 5.92 Å². The summed E-state index contributed by atoms with van der Waals surface area (Å²) in [6.45, 7) is 5.72. The van der Waals surface area contributed by atoms with Crippen LogP contribution in [0, 0.1) is 5.92 Å². The van der Waals surface area contributed by atoms with Crippen molar-refractivity contribution in [2.75, 3.05) is 12.3 Å². The standard InChI is InChI=1S/C6H13NS/c1-5(2)6-7-3-4-8-6/h5-7H,3-4H2,1-2H3. The lowest BCUT2D eigenvalue weighted by Gasteiger charge is -2.11. The second-order valence-electron chi connectivity index (χ2n) is 2.49. The van der Waals surface area contributed by atoms with Crippen molar-refractivity contribution in [1.82, 2.24) is 5.32 Å². The Balaban J connectivity index is 2.24. The predicted molar refractivity (Wildman–Crippen MR) is 39.1 cm³/mol. The van der Waals surface area contributed by atoms with Crippen molar-refractivity contribution in [3.05, 3.63) is 0 Å². The SMILES string of the molecule is CC(C)C1NCCS1. The fraction of sp³-hybridized carbons (Fsp3) is 1.00. The van der Waals surface area contributed by atoms with Crippen LogP contribution in [0.25, 0.3) is 0 Å². The van der Waals surface area contributed by atoms with Crippen molar-refractivity contribution < 1.29 is 0 Å². The van der Waals surface area contributed by atoms with Crippen LogP contribution < -0.4 is 5.32 Å². The summed E-state index contributed by atoms with van der Waals surface area (Å²) in [7, 11) is 0. The molecule has 0 aromatic carbocycles. The van der Waals surface area contributed by atoms with Crippen LogP contribution in [0.5, 0.6) is 0 Å². The Hall–Kier alpha value is 0.310.